The molecule has 2 aromatic rings. The highest BCUT2D eigenvalue weighted by Gasteiger charge is 2.30. The van der Waals surface area contributed by atoms with Crippen molar-refractivity contribution in [2.45, 2.75) is 26.2 Å². The number of rotatable bonds is 1. The maximum absolute atomic E-state index is 13.5. The minimum absolute atomic E-state index is 0.135. The molecule has 0 radical (unpaired) electrons. The lowest BCUT2D eigenvalue weighted by Gasteiger charge is -2.17. The molecule has 1 aromatic heterocycles. The number of carboxylic acids is 1. The van der Waals surface area contributed by atoms with Crippen LogP contribution in [0.4, 0.5) is 4.39 Å². The molecule has 1 heterocycles. The summed E-state index contributed by atoms with van der Waals surface area (Å²) in [6.07, 6.45) is 0. The van der Waals surface area contributed by atoms with Gasteiger partial charge in [-0.15, -0.1) is 0 Å². The van der Waals surface area contributed by atoms with Crippen molar-refractivity contribution >= 4 is 32.9 Å². The van der Waals surface area contributed by atoms with Gasteiger partial charge in [0.25, 0.3) is 0 Å². The van der Waals surface area contributed by atoms with Gasteiger partial charge in [-0.1, -0.05) is 20.8 Å². The molecule has 0 aliphatic heterocycles. The Hall–Kier alpha value is -1.36. The summed E-state index contributed by atoms with van der Waals surface area (Å²) < 4.78 is 19.2. The third-order valence-electron chi connectivity index (χ3n) is 2.65. The van der Waals surface area contributed by atoms with Gasteiger partial charge in [-0.3, -0.25) is 0 Å². The molecular formula is C13H12BrFO3. The fourth-order valence-corrected chi connectivity index (χ4v) is 2.53. The van der Waals surface area contributed by atoms with Gasteiger partial charge in [-0.05, 0) is 33.5 Å². The van der Waals surface area contributed by atoms with Crippen LogP contribution >= 0.6 is 15.9 Å². The Morgan fingerprint density at radius 1 is 1.39 bits per heavy atom. The fraction of sp³-hybridized carbons (Fsp3) is 0.308. The number of hydrogen-bond donors (Lipinski definition) is 1. The smallest absolute Gasteiger partial charge is 0.372 e. The zero-order chi connectivity index (χ0) is 13.7. The van der Waals surface area contributed by atoms with E-state index >= 15 is 0 Å². The first-order valence-corrected chi connectivity index (χ1v) is 6.16. The van der Waals surface area contributed by atoms with Crippen molar-refractivity contribution in [2.75, 3.05) is 0 Å². The van der Waals surface area contributed by atoms with E-state index in [1.165, 1.54) is 12.1 Å². The predicted octanol–water partition coefficient (Wildman–Crippen LogP) is 4.33. The number of benzene rings is 1. The molecule has 0 aliphatic rings. The van der Waals surface area contributed by atoms with Crippen LogP contribution < -0.4 is 0 Å². The third kappa shape index (κ3) is 2.03. The summed E-state index contributed by atoms with van der Waals surface area (Å²) in [5.74, 6) is -1.72. The second kappa shape index (κ2) is 4.09. The van der Waals surface area contributed by atoms with Gasteiger partial charge in [0.2, 0.25) is 5.76 Å². The fourth-order valence-electron chi connectivity index (χ4n) is 2.02. The Morgan fingerprint density at radius 3 is 2.50 bits per heavy atom. The number of hydrogen-bond acceptors (Lipinski definition) is 2. The van der Waals surface area contributed by atoms with Crippen LogP contribution in [-0.2, 0) is 5.41 Å². The summed E-state index contributed by atoms with van der Waals surface area (Å²) in [5.41, 5.74) is 0.413. The Kier molecular flexibility index (Phi) is 2.97. The molecule has 18 heavy (non-hydrogen) atoms. The maximum Gasteiger partial charge on any atom is 0.372 e. The van der Waals surface area contributed by atoms with E-state index in [2.05, 4.69) is 15.9 Å². The highest BCUT2D eigenvalue weighted by molar-refractivity contribution is 9.10. The predicted molar refractivity (Wildman–Crippen MR) is 69.5 cm³/mol. The van der Waals surface area contributed by atoms with Crippen LogP contribution in [-0.4, -0.2) is 11.1 Å². The van der Waals surface area contributed by atoms with Crippen LogP contribution in [0.3, 0.4) is 0 Å². The molecule has 5 heteroatoms. The minimum Gasteiger partial charge on any atom is -0.475 e. The summed E-state index contributed by atoms with van der Waals surface area (Å²) in [5, 5.41) is 9.68. The van der Waals surface area contributed by atoms with Gasteiger partial charge < -0.3 is 9.52 Å². The average molecular weight is 315 g/mol. The molecule has 1 N–H and O–H groups in total. The number of carbonyl (C=O) groups is 1. The van der Waals surface area contributed by atoms with Crippen LogP contribution in [0.1, 0.15) is 36.9 Å². The summed E-state index contributed by atoms with van der Waals surface area (Å²) in [4.78, 5) is 11.2. The molecule has 0 saturated carbocycles. The van der Waals surface area contributed by atoms with E-state index in [0.717, 1.165) is 0 Å². The second-order valence-electron chi connectivity index (χ2n) is 5.13. The van der Waals surface area contributed by atoms with E-state index in [9.17, 15) is 14.3 Å². The molecule has 0 spiro atoms. The number of furan rings is 1. The van der Waals surface area contributed by atoms with E-state index < -0.39 is 17.2 Å². The Balaban J connectivity index is 2.95. The lowest BCUT2D eigenvalue weighted by atomic mass is 9.85. The molecule has 0 amide bonds. The monoisotopic (exact) mass is 314 g/mol. The first-order valence-electron chi connectivity index (χ1n) is 5.37. The Bertz CT molecular complexity index is 638. The van der Waals surface area contributed by atoms with Crippen LogP contribution in [0.25, 0.3) is 11.0 Å². The van der Waals surface area contributed by atoms with Crippen molar-refractivity contribution in [3.05, 3.63) is 33.7 Å². The lowest BCUT2D eigenvalue weighted by molar-refractivity contribution is 0.0661. The Morgan fingerprint density at radius 2 is 2.00 bits per heavy atom. The molecule has 0 unspecified atom stereocenters. The van der Waals surface area contributed by atoms with Crippen LogP contribution in [0.2, 0.25) is 0 Å². The SMILES string of the molecule is CC(C)(C)c1c(C(=O)O)oc2c(Br)cc(F)cc12. The summed E-state index contributed by atoms with van der Waals surface area (Å²) in [6, 6.07) is 2.56. The third-order valence-corrected chi connectivity index (χ3v) is 3.24. The van der Waals surface area contributed by atoms with Crippen LogP contribution in [0.15, 0.2) is 21.0 Å². The highest BCUT2D eigenvalue weighted by atomic mass is 79.9. The zero-order valence-electron chi connectivity index (χ0n) is 10.2. The van der Waals surface area contributed by atoms with E-state index in [1.54, 1.807) is 0 Å². The summed E-state index contributed by atoms with van der Waals surface area (Å²) in [6.45, 7) is 5.59. The lowest BCUT2D eigenvalue weighted by Crippen LogP contribution is -2.15. The van der Waals surface area contributed by atoms with Crippen LogP contribution in [0.5, 0.6) is 0 Å². The topological polar surface area (TPSA) is 50.4 Å². The highest BCUT2D eigenvalue weighted by Crippen LogP contribution is 2.38. The number of aromatic carboxylic acids is 1. The number of carboxylic acid groups (broad SMARTS) is 1. The van der Waals surface area contributed by atoms with Gasteiger partial charge in [0.15, 0.2) is 0 Å². The molecule has 0 fully saturated rings. The molecule has 3 nitrogen and oxygen atoms in total. The van der Waals surface area contributed by atoms with E-state index in [-0.39, 0.29) is 5.76 Å². The van der Waals surface area contributed by atoms with Gasteiger partial charge >= 0.3 is 5.97 Å². The first kappa shape index (κ1) is 13.1. The van der Waals surface area contributed by atoms with Gasteiger partial charge in [0.05, 0.1) is 4.47 Å². The quantitative estimate of drug-likeness (QED) is 0.852. The number of halogens is 2. The van der Waals surface area contributed by atoms with E-state index in [0.29, 0.717) is 21.0 Å². The van der Waals surface area contributed by atoms with Crippen molar-refractivity contribution in [1.82, 2.24) is 0 Å². The molecular weight excluding hydrogens is 303 g/mol. The standard InChI is InChI=1S/C13H12BrFO3/c1-13(2,3)9-7-4-6(15)5-8(14)10(7)18-11(9)12(16)17/h4-5H,1-3H3,(H,16,17). The summed E-state index contributed by atoms with van der Waals surface area (Å²) in [7, 11) is 0. The Labute approximate surface area is 112 Å². The van der Waals surface area contributed by atoms with Gasteiger partial charge in [0.1, 0.15) is 11.4 Å². The summed E-state index contributed by atoms with van der Waals surface area (Å²) >= 11 is 3.18. The van der Waals surface area contributed by atoms with E-state index in [1.807, 2.05) is 20.8 Å². The number of fused-ring (bicyclic) bond motifs is 1. The van der Waals surface area contributed by atoms with Crippen molar-refractivity contribution in [3.8, 4) is 0 Å². The second-order valence-corrected chi connectivity index (χ2v) is 5.98. The van der Waals surface area contributed by atoms with Crippen LogP contribution in [0, 0.1) is 5.82 Å². The molecule has 0 aliphatic carbocycles. The van der Waals surface area contributed by atoms with Crippen molar-refractivity contribution in [3.63, 3.8) is 0 Å². The molecule has 0 saturated heterocycles. The molecule has 2 rings (SSSR count). The van der Waals surface area contributed by atoms with Crippen molar-refractivity contribution in [1.29, 1.82) is 0 Å². The molecule has 0 bridgehead atoms. The zero-order valence-corrected chi connectivity index (χ0v) is 11.8. The minimum atomic E-state index is -1.15. The molecule has 0 atom stereocenters. The van der Waals surface area contributed by atoms with Crippen molar-refractivity contribution < 1.29 is 18.7 Å². The average Bonchev–Trinajstić information content (AvgIpc) is 2.56. The van der Waals surface area contributed by atoms with Gasteiger partial charge in [-0.25, -0.2) is 9.18 Å². The van der Waals surface area contributed by atoms with Gasteiger partial charge in [0, 0.05) is 10.9 Å². The van der Waals surface area contributed by atoms with Crippen molar-refractivity contribution in [2.24, 2.45) is 0 Å². The largest absolute Gasteiger partial charge is 0.475 e. The van der Waals surface area contributed by atoms with Gasteiger partial charge in [-0.2, -0.15) is 0 Å². The normalized spacial score (nSPS) is 12.1. The first-order chi connectivity index (χ1) is 8.21. The maximum atomic E-state index is 13.5. The molecule has 1 aromatic carbocycles. The molecule has 96 valence electrons. The van der Waals surface area contributed by atoms with E-state index in [4.69, 9.17) is 4.42 Å².